The molecule has 4 aromatic heterocycles. The highest BCUT2D eigenvalue weighted by Crippen LogP contribution is 2.34. The van der Waals surface area contributed by atoms with E-state index in [1.165, 1.54) is 9.80 Å². The van der Waals surface area contributed by atoms with E-state index in [1.807, 2.05) is 0 Å². The van der Waals surface area contributed by atoms with Gasteiger partial charge in [-0.05, 0) is 52.0 Å². The second-order valence-corrected chi connectivity index (χ2v) is 15.6. The highest BCUT2D eigenvalue weighted by atomic mass is 35.5. The Morgan fingerprint density at radius 1 is 0.656 bits per heavy atom. The molecule has 0 fully saturated rings. The first kappa shape index (κ1) is 46.2. The number of carbonyl (C=O) groups excluding carboxylic acids is 2. The average molecular weight is 946 g/mol. The van der Waals surface area contributed by atoms with Crippen LogP contribution in [0.5, 0.6) is 11.5 Å². The lowest BCUT2D eigenvalue weighted by atomic mass is 10.1. The number of aryl methyl sites for hydroxylation is 4. The van der Waals surface area contributed by atoms with E-state index in [0.29, 0.717) is 55.5 Å². The maximum absolute atomic E-state index is 13.7. The average Bonchev–Trinajstić information content (AvgIpc) is 4.00. The van der Waals surface area contributed by atoms with E-state index >= 15 is 0 Å². The lowest BCUT2D eigenvalue weighted by Gasteiger charge is -2.20. The summed E-state index contributed by atoms with van der Waals surface area (Å²) < 4.78 is 116. The third-order valence-electron chi connectivity index (χ3n) is 10.4. The summed E-state index contributed by atoms with van der Waals surface area (Å²) >= 11 is 12.5. The minimum absolute atomic E-state index is 0.121. The number of rotatable bonds is 8. The second kappa shape index (κ2) is 17.3. The van der Waals surface area contributed by atoms with Gasteiger partial charge < -0.3 is 29.5 Å². The van der Waals surface area contributed by atoms with Crippen LogP contribution in [-0.2, 0) is 26.2 Å². The van der Waals surface area contributed by atoms with Crippen molar-refractivity contribution in [2.75, 3.05) is 13.2 Å². The van der Waals surface area contributed by atoms with Gasteiger partial charge in [0, 0.05) is 23.3 Å². The molecule has 6 heterocycles. The summed E-state index contributed by atoms with van der Waals surface area (Å²) in [7, 11) is 0. The molecule has 2 aromatic carbocycles. The Hall–Kier alpha value is -5.84. The van der Waals surface area contributed by atoms with Crippen molar-refractivity contribution in [1.82, 2.24) is 39.0 Å². The van der Waals surface area contributed by atoms with Crippen LogP contribution >= 0.6 is 23.2 Å². The standard InChI is InChI=1S/2C20H17ClF4N4O3/c2*1-9-17(21)10(2)29-18(26-9)13-6-28(7-14(13)27-29)19(31)12-4-3-11(22)5-15(12)32-8-16(30)20(23,24)25/h2*3-5,16,30H,6-8H2,1-2H3/t2*16-/m10/s1. The summed E-state index contributed by atoms with van der Waals surface area (Å²) in [4.78, 5) is 37.9. The molecule has 8 rings (SSSR count). The Labute approximate surface area is 366 Å². The molecule has 2 aliphatic heterocycles. The topological polar surface area (TPSA) is 160 Å². The number of hydrogen-bond donors (Lipinski definition) is 2. The number of fused-ring (bicyclic) bond motifs is 6. The summed E-state index contributed by atoms with van der Waals surface area (Å²) in [5.74, 6) is -3.55. The number of halogens is 10. The molecule has 24 heteroatoms. The monoisotopic (exact) mass is 944 g/mol. The van der Waals surface area contributed by atoms with Gasteiger partial charge in [0.2, 0.25) is 0 Å². The van der Waals surface area contributed by atoms with E-state index < -0.39 is 72.7 Å². The first-order chi connectivity index (χ1) is 29.9. The molecule has 0 unspecified atom stereocenters. The number of benzene rings is 2. The number of nitrogens with zero attached hydrogens (tertiary/aromatic N) is 8. The van der Waals surface area contributed by atoms with Crippen LogP contribution in [0.4, 0.5) is 35.1 Å². The van der Waals surface area contributed by atoms with Crippen molar-refractivity contribution in [2.45, 2.75) is 78.4 Å². The number of amides is 2. The molecular weight excluding hydrogens is 911 g/mol. The Morgan fingerprint density at radius 2 is 1.02 bits per heavy atom. The van der Waals surface area contributed by atoms with Gasteiger partial charge in [0.15, 0.2) is 23.5 Å². The maximum Gasteiger partial charge on any atom is 0.417 e. The van der Waals surface area contributed by atoms with Gasteiger partial charge in [0.1, 0.15) is 36.3 Å². The first-order valence-corrected chi connectivity index (χ1v) is 19.7. The van der Waals surface area contributed by atoms with Crippen LogP contribution < -0.4 is 9.47 Å². The highest BCUT2D eigenvalue weighted by Gasteiger charge is 2.40. The predicted octanol–water partition coefficient (Wildman–Crippen LogP) is 7.19. The van der Waals surface area contributed by atoms with E-state index in [9.17, 15) is 44.7 Å². The normalized spacial score (nSPS) is 14.7. The number of aliphatic hydroxyl groups excluding tert-OH is 2. The van der Waals surface area contributed by atoms with Gasteiger partial charge in [-0.15, -0.1) is 0 Å². The quantitative estimate of drug-likeness (QED) is 0.150. The summed E-state index contributed by atoms with van der Waals surface area (Å²) in [6.07, 6.45) is -15.4. The van der Waals surface area contributed by atoms with Crippen LogP contribution in [0.15, 0.2) is 36.4 Å². The zero-order valence-corrected chi connectivity index (χ0v) is 35.3. The lowest BCUT2D eigenvalue weighted by molar-refractivity contribution is -0.211. The minimum Gasteiger partial charge on any atom is -0.490 e. The molecule has 0 saturated heterocycles. The molecular formula is C40H34Cl2F8N8O6. The molecule has 2 N–H and O–H groups in total. The maximum atomic E-state index is 13.7. The number of aromatic nitrogens is 6. The van der Waals surface area contributed by atoms with Crippen LogP contribution in [0.25, 0.3) is 11.3 Å². The molecule has 64 heavy (non-hydrogen) atoms. The Kier molecular flexibility index (Phi) is 12.5. The number of aliphatic hydroxyl groups is 2. The van der Waals surface area contributed by atoms with E-state index in [2.05, 4.69) is 20.2 Å². The van der Waals surface area contributed by atoms with Crippen molar-refractivity contribution < 1.29 is 64.4 Å². The van der Waals surface area contributed by atoms with E-state index in [-0.39, 0.29) is 37.3 Å². The largest absolute Gasteiger partial charge is 0.490 e. The summed E-state index contributed by atoms with van der Waals surface area (Å²) in [6, 6.07) is 5.87. The van der Waals surface area contributed by atoms with Gasteiger partial charge in [0.05, 0.1) is 81.5 Å². The Balaban J connectivity index is 0.000000191. The van der Waals surface area contributed by atoms with Crippen molar-refractivity contribution in [3.63, 3.8) is 0 Å². The zero-order valence-electron chi connectivity index (χ0n) is 33.7. The number of ether oxygens (including phenoxy) is 2. The van der Waals surface area contributed by atoms with Crippen LogP contribution in [0.2, 0.25) is 10.0 Å². The predicted molar refractivity (Wildman–Crippen MR) is 210 cm³/mol. The molecule has 2 atom stereocenters. The fraction of sp³-hybridized carbons (Fsp3) is 0.350. The van der Waals surface area contributed by atoms with Gasteiger partial charge in [-0.3, -0.25) is 9.59 Å². The molecule has 14 nitrogen and oxygen atoms in total. The van der Waals surface area contributed by atoms with Crippen LogP contribution in [0, 0.1) is 39.3 Å². The SMILES string of the molecule is Cc1nc2c3c(nn2c(C)c1Cl)CN(C(=O)c1ccc(F)cc1OC[C@@H](O)C(F)(F)F)C3.Cc1nc2c3c(nn2c(C)c1Cl)CN(C(=O)c1ccc(F)cc1OC[C@H](O)C(F)(F)F)C3. The smallest absolute Gasteiger partial charge is 0.417 e. The van der Waals surface area contributed by atoms with Crippen LogP contribution in [0.3, 0.4) is 0 Å². The van der Waals surface area contributed by atoms with Crippen molar-refractivity contribution >= 4 is 46.3 Å². The summed E-state index contributed by atoms with van der Waals surface area (Å²) in [5, 5.41) is 28.2. The summed E-state index contributed by atoms with van der Waals surface area (Å²) in [5.41, 5.74) is 6.13. The van der Waals surface area contributed by atoms with Crippen molar-refractivity contribution in [2.24, 2.45) is 0 Å². The molecule has 2 amide bonds. The highest BCUT2D eigenvalue weighted by molar-refractivity contribution is 6.32. The van der Waals surface area contributed by atoms with Gasteiger partial charge >= 0.3 is 12.4 Å². The van der Waals surface area contributed by atoms with Crippen molar-refractivity contribution in [1.29, 1.82) is 0 Å². The van der Waals surface area contributed by atoms with Crippen LogP contribution in [0.1, 0.15) is 66.0 Å². The van der Waals surface area contributed by atoms with E-state index in [0.717, 1.165) is 47.5 Å². The fourth-order valence-corrected chi connectivity index (χ4v) is 7.21. The van der Waals surface area contributed by atoms with Crippen molar-refractivity contribution in [3.8, 4) is 11.5 Å². The first-order valence-electron chi connectivity index (χ1n) is 18.9. The molecule has 0 aliphatic carbocycles. The molecule has 0 saturated carbocycles. The van der Waals surface area contributed by atoms with E-state index in [1.54, 1.807) is 36.7 Å². The van der Waals surface area contributed by atoms with Gasteiger partial charge in [-0.2, -0.15) is 36.5 Å². The molecule has 6 aromatic rings. The number of carbonyl (C=O) groups is 2. The third-order valence-corrected chi connectivity index (χ3v) is 11.5. The van der Waals surface area contributed by atoms with Gasteiger partial charge in [-0.1, -0.05) is 23.2 Å². The lowest BCUT2D eigenvalue weighted by Crippen LogP contribution is -2.34. The molecule has 0 bridgehead atoms. The fourth-order valence-electron chi connectivity index (χ4n) is 6.97. The van der Waals surface area contributed by atoms with Gasteiger partial charge in [-0.25, -0.2) is 27.8 Å². The second-order valence-electron chi connectivity index (χ2n) is 14.9. The molecule has 340 valence electrons. The number of alkyl halides is 6. The summed E-state index contributed by atoms with van der Waals surface area (Å²) in [6.45, 7) is 5.29. The Morgan fingerprint density at radius 3 is 1.36 bits per heavy atom. The minimum atomic E-state index is -4.91. The molecule has 0 spiro atoms. The van der Waals surface area contributed by atoms with Crippen molar-refractivity contribution in [3.05, 3.63) is 114 Å². The van der Waals surface area contributed by atoms with Gasteiger partial charge in [0.25, 0.3) is 11.8 Å². The van der Waals surface area contributed by atoms with E-state index in [4.69, 9.17) is 42.9 Å². The number of hydrogen-bond acceptors (Lipinski definition) is 10. The zero-order chi connectivity index (χ0) is 46.7. The third kappa shape index (κ3) is 8.95. The molecule has 2 aliphatic rings. The molecule has 0 radical (unpaired) electrons. The Bertz CT molecular complexity index is 2650. The van der Waals surface area contributed by atoms with Crippen LogP contribution in [-0.4, -0.2) is 98.8 Å².